The Hall–Kier alpha value is -3.41. The Kier molecular flexibility index (Phi) is 3.80. The molecule has 128 valence electrons. The molecule has 0 aliphatic heterocycles. The van der Waals surface area contributed by atoms with E-state index in [1.807, 2.05) is 6.07 Å². The summed E-state index contributed by atoms with van der Waals surface area (Å²) in [6.07, 6.45) is 6.41. The number of fused-ring (bicyclic) bond motifs is 1. The lowest BCUT2D eigenvalue weighted by molar-refractivity contribution is 0.103. The monoisotopic (exact) mass is 349 g/mol. The first-order valence-electron chi connectivity index (χ1n) is 7.93. The maximum Gasteiger partial charge on any atom is 0.201 e. The van der Waals surface area contributed by atoms with E-state index in [1.165, 1.54) is 19.2 Å². The number of H-pyrrole nitrogens is 1. The predicted molar refractivity (Wildman–Crippen MR) is 93.9 cm³/mol. The van der Waals surface area contributed by atoms with Crippen molar-refractivity contribution in [2.75, 3.05) is 0 Å². The molecule has 3 heterocycles. The lowest BCUT2D eigenvalue weighted by Gasteiger charge is -2.06. The van der Waals surface area contributed by atoms with Crippen molar-refractivity contribution < 1.29 is 13.6 Å². The highest BCUT2D eigenvalue weighted by molar-refractivity contribution is 6.16. The van der Waals surface area contributed by atoms with E-state index in [9.17, 15) is 13.6 Å². The van der Waals surface area contributed by atoms with Crippen LogP contribution in [0.2, 0.25) is 0 Å². The topological polar surface area (TPSA) is 58.6 Å². The van der Waals surface area contributed by atoms with Gasteiger partial charge in [-0.05, 0) is 30.7 Å². The summed E-state index contributed by atoms with van der Waals surface area (Å²) in [5, 5.41) is 0.497. The number of carbonyl (C=O) groups excluding carboxylic acids is 1. The van der Waals surface area contributed by atoms with E-state index in [1.54, 1.807) is 30.7 Å². The highest BCUT2D eigenvalue weighted by Crippen LogP contribution is 2.27. The Labute approximate surface area is 147 Å². The standard InChI is InChI=1S/C20H13F2N3O/c1-11-4-5-16(21)17(18(11)22)19(26)15-10-25-20-14(15)7-13(9-24-20)12-3-2-6-23-8-12/h2-10H,1H3,(H,24,25). The minimum atomic E-state index is -0.885. The summed E-state index contributed by atoms with van der Waals surface area (Å²) in [5.74, 6) is -2.45. The van der Waals surface area contributed by atoms with Crippen molar-refractivity contribution >= 4 is 16.8 Å². The minimum absolute atomic E-state index is 0.168. The summed E-state index contributed by atoms with van der Waals surface area (Å²) in [7, 11) is 0. The van der Waals surface area contributed by atoms with E-state index in [2.05, 4.69) is 15.0 Å². The predicted octanol–water partition coefficient (Wildman–Crippen LogP) is 4.44. The molecule has 0 atom stereocenters. The molecule has 3 aromatic heterocycles. The summed E-state index contributed by atoms with van der Waals surface area (Å²) in [4.78, 5) is 24.1. The highest BCUT2D eigenvalue weighted by Gasteiger charge is 2.23. The maximum atomic E-state index is 14.4. The summed E-state index contributed by atoms with van der Waals surface area (Å²) in [6.45, 7) is 1.49. The number of carbonyl (C=O) groups is 1. The molecular weight excluding hydrogens is 336 g/mol. The van der Waals surface area contributed by atoms with Crippen molar-refractivity contribution in [1.82, 2.24) is 15.0 Å². The summed E-state index contributed by atoms with van der Waals surface area (Å²) >= 11 is 0. The molecule has 26 heavy (non-hydrogen) atoms. The average Bonchev–Trinajstić information content (AvgIpc) is 3.09. The van der Waals surface area contributed by atoms with Gasteiger partial charge in [0.15, 0.2) is 0 Å². The van der Waals surface area contributed by atoms with Gasteiger partial charge in [0.2, 0.25) is 5.78 Å². The number of nitrogens with one attached hydrogen (secondary N) is 1. The first-order valence-corrected chi connectivity index (χ1v) is 7.93. The number of aryl methyl sites for hydroxylation is 1. The second-order valence-electron chi connectivity index (χ2n) is 5.95. The van der Waals surface area contributed by atoms with E-state index in [4.69, 9.17) is 0 Å². The van der Waals surface area contributed by atoms with Gasteiger partial charge < -0.3 is 4.98 Å². The number of halogens is 2. The van der Waals surface area contributed by atoms with Crippen molar-refractivity contribution in [2.45, 2.75) is 6.92 Å². The van der Waals surface area contributed by atoms with Gasteiger partial charge in [0.1, 0.15) is 17.3 Å². The van der Waals surface area contributed by atoms with Gasteiger partial charge in [-0.25, -0.2) is 13.8 Å². The third-order valence-corrected chi connectivity index (χ3v) is 4.28. The lowest BCUT2D eigenvalue weighted by atomic mass is 9.99. The molecule has 4 nitrogen and oxygen atoms in total. The van der Waals surface area contributed by atoms with E-state index in [0.717, 1.165) is 17.2 Å². The number of aromatic nitrogens is 3. The molecule has 0 unspecified atom stereocenters. The number of benzene rings is 1. The summed E-state index contributed by atoms with van der Waals surface area (Å²) in [6, 6.07) is 7.82. The van der Waals surface area contributed by atoms with Crippen LogP contribution in [0.5, 0.6) is 0 Å². The van der Waals surface area contributed by atoms with Crippen molar-refractivity contribution in [3.05, 3.63) is 83.4 Å². The van der Waals surface area contributed by atoms with Crippen LogP contribution in [0.25, 0.3) is 22.2 Å². The van der Waals surface area contributed by atoms with Crippen LogP contribution in [-0.2, 0) is 0 Å². The molecule has 0 saturated heterocycles. The maximum absolute atomic E-state index is 14.4. The van der Waals surface area contributed by atoms with E-state index >= 15 is 0 Å². The van der Waals surface area contributed by atoms with Gasteiger partial charge in [0.05, 0.1) is 5.56 Å². The molecule has 6 heteroatoms. The second-order valence-corrected chi connectivity index (χ2v) is 5.95. The molecule has 0 fully saturated rings. The summed E-state index contributed by atoms with van der Waals surface area (Å²) < 4.78 is 28.5. The Morgan fingerprint density at radius 3 is 2.73 bits per heavy atom. The number of hydrogen-bond acceptors (Lipinski definition) is 3. The lowest BCUT2D eigenvalue weighted by Crippen LogP contribution is -2.08. The third kappa shape index (κ3) is 2.56. The van der Waals surface area contributed by atoms with Gasteiger partial charge in [-0.3, -0.25) is 9.78 Å². The Morgan fingerprint density at radius 2 is 1.96 bits per heavy atom. The van der Waals surface area contributed by atoms with Crippen LogP contribution in [0.1, 0.15) is 21.5 Å². The van der Waals surface area contributed by atoms with Crippen molar-refractivity contribution in [1.29, 1.82) is 0 Å². The van der Waals surface area contributed by atoms with Gasteiger partial charge in [-0.1, -0.05) is 12.1 Å². The molecule has 0 saturated carbocycles. The van der Waals surface area contributed by atoms with Crippen LogP contribution in [-0.4, -0.2) is 20.7 Å². The normalized spacial score (nSPS) is 11.0. The molecule has 0 aliphatic carbocycles. The van der Waals surface area contributed by atoms with Crippen molar-refractivity contribution in [3.8, 4) is 11.1 Å². The number of pyridine rings is 2. The van der Waals surface area contributed by atoms with E-state index < -0.39 is 23.0 Å². The van der Waals surface area contributed by atoms with Crippen LogP contribution in [0.4, 0.5) is 8.78 Å². The zero-order chi connectivity index (χ0) is 18.3. The van der Waals surface area contributed by atoms with Crippen LogP contribution in [0.15, 0.2) is 55.1 Å². The number of ketones is 1. The molecule has 0 bridgehead atoms. The zero-order valence-corrected chi connectivity index (χ0v) is 13.8. The third-order valence-electron chi connectivity index (χ3n) is 4.28. The van der Waals surface area contributed by atoms with Gasteiger partial charge >= 0.3 is 0 Å². The molecule has 4 aromatic rings. The van der Waals surface area contributed by atoms with Gasteiger partial charge in [0.25, 0.3) is 0 Å². The fourth-order valence-electron chi connectivity index (χ4n) is 2.88. The van der Waals surface area contributed by atoms with Crippen LogP contribution in [0, 0.1) is 18.6 Å². The smallest absolute Gasteiger partial charge is 0.201 e. The highest BCUT2D eigenvalue weighted by atomic mass is 19.1. The number of nitrogens with zero attached hydrogens (tertiary/aromatic N) is 2. The largest absolute Gasteiger partial charge is 0.345 e. The molecule has 0 aliphatic rings. The fourth-order valence-corrected chi connectivity index (χ4v) is 2.88. The molecule has 4 rings (SSSR count). The molecular formula is C20H13F2N3O. The van der Waals surface area contributed by atoms with Gasteiger partial charge in [-0.15, -0.1) is 0 Å². The first kappa shape index (κ1) is 16.1. The SMILES string of the molecule is Cc1ccc(F)c(C(=O)c2c[nH]c3ncc(-c4cccnc4)cc23)c1F. The number of aromatic amines is 1. The molecule has 0 spiro atoms. The average molecular weight is 349 g/mol. The van der Waals surface area contributed by atoms with E-state index in [0.29, 0.717) is 11.0 Å². The van der Waals surface area contributed by atoms with Crippen molar-refractivity contribution in [3.63, 3.8) is 0 Å². The van der Waals surface area contributed by atoms with E-state index in [-0.39, 0.29) is 11.1 Å². The van der Waals surface area contributed by atoms with Gasteiger partial charge in [0, 0.05) is 46.9 Å². The Bertz CT molecular complexity index is 1140. The Balaban J connectivity index is 1.88. The number of hydrogen-bond donors (Lipinski definition) is 1. The van der Waals surface area contributed by atoms with Crippen LogP contribution >= 0.6 is 0 Å². The molecule has 1 N–H and O–H groups in total. The minimum Gasteiger partial charge on any atom is -0.345 e. The van der Waals surface area contributed by atoms with Gasteiger partial charge in [-0.2, -0.15) is 0 Å². The molecule has 0 amide bonds. The quantitative estimate of drug-likeness (QED) is 0.556. The molecule has 1 aromatic carbocycles. The second kappa shape index (κ2) is 6.15. The zero-order valence-electron chi connectivity index (χ0n) is 13.8. The van der Waals surface area contributed by atoms with Crippen LogP contribution < -0.4 is 0 Å². The first-order chi connectivity index (χ1) is 12.6. The number of rotatable bonds is 3. The molecule has 0 radical (unpaired) electrons. The summed E-state index contributed by atoms with van der Waals surface area (Å²) in [5.41, 5.74) is 1.87. The van der Waals surface area contributed by atoms with Crippen LogP contribution in [0.3, 0.4) is 0 Å². The Morgan fingerprint density at radius 1 is 1.12 bits per heavy atom. The fraction of sp³-hybridized carbons (Fsp3) is 0.0500. The van der Waals surface area contributed by atoms with Crippen molar-refractivity contribution in [2.24, 2.45) is 0 Å².